The van der Waals surface area contributed by atoms with Crippen LogP contribution in [0.1, 0.15) is 47.6 Å². The number of amides is 1. The van der Waals surface area contributed by atoms with Gasteiger partial charge in [-0.15, -0.1) is 12.4 Å². The summed E-state index contributed by atoms with van der Waals surface area (Å²) in [5, 5.41) is 3.27. The van der Waals surface area contributed by atoms with Crippen molar-refractivity contribution in [2.24, 2.45) is 11.7 Å². The van der Waals surface area contributed by atoms with Gasteiger partial charge in [-0.2, -0.15) is 0 Å². The van der Waals surface area contributed by atoms with Gasteiger partial charge in [-0.05, 0) is 44.2 Å². The molecule has 0 radical (unpaired) electrons. The summed E-state index contributed by atoms with van der Waals surface area (Å²) in [6, 6.07) is 16.8. The quantitative estimate of drug-likeness (QED) is 0.865. The zero-order chi connectivity index (χ0) is 17.1. The molecule has 0 saturated heterocycles. The second-order valence-electron chi connectivity index (χ2n) is 7.04. The van der Waals surface area contributed by atoms with Crippen LogP contribution < -0.4 is 11.1 Å². The van der Waals surface area contributed by atoms with Gasteiger partial charge in [0.2, 0.25) is 5.91 Å². The monoisotopic (exact) mass is 358 g/mol. The maximum atomic E-state index is 12.8. The number of hydrogen-bond donors (Lipinski definition) is 2. The van der Waals surface area contributed by atoms with Crippen LogP contribution in [0, 0.1) is 19.8 Å². The molecule has 3 nitrogen and oxygen atoms in total. The summed E-state index contributed by atoms with van der Waals surface area (Å²) in [6.07, 6.45) is 2.62. The number of benzene rings is 2. The first kappa shape index (κ1) is 19.5. The Balaban J connectivity index is 0.00000225. The molecule has 0 bridgehead atoms. The van der Waals surface area contributed by atoms with E-state index < -0.39 is 0 Å². The molecule has 1 fully saturated rings. The van der Waals surface area contributed by atoms with Gasteiger partial charge in [0.25, 0.3) is 0 Å². The van der Waals surface area contributed by atoms with Crippen LogP contribution in [0.3, 0.4) is 0 Å². The zero-order valence-electron chi connectivity index (χ0n) is 14.9. The Hall–Kier alpha value is -1.84. The van der Waals surface area contributed by atoms with E-state index in [2.05, 4.69) is 55.6 Å². The summed E-state index contributed by atoms with van der Waals surface area (Å²) >= 11 is 0. The second-order valence-corrected chi connectivity index (χ2v) is 7.04. The van der Waals surface area contributed by atoms with Crippen molar-refractivity contribution in [1.29, 1.82) is 0 Å². The van der Waals surface area contributed by atoms with Gasteiger partial charge in [-0.25, -0.2) is 0 Å². The molecule has 1 amide bonds. The summed E-state index contributed by atoms with van der Waals surface area (Å²) in [4.78, 5) is 12.8. The minimum Gasteiger partial charge on any atom is -0.345 e. The van der Waals surface area contributed by atoms with E-state index in [1.807, 2.05) is 12.1 Å². The van der Waals surface area contributed by atoms with Gasteiger partial charge in [0.1, 0.15) is 0 Å². The molecule has 25 heavy (non-hydrogen) atoms. The molecule has 3 rings (SSSR count). The Kier molecular flexibility index (Phi) is 6.63. The first-order valence-electron chi connectivity index (χ1n) is 8.72. The van der Waals surface area contributed by atoms with Crippen LogP contribution in [0.25, 0.3) is 0 Å². The molecular formula is C21H27ClN2O. The first-order chi connectivity index (χ1) is 11.5. The lowest BCUT2D eigenvalue weighted by Gasteiger charge is -2.23. The molecule has 2 atom stereocenters. The van der Waals surface area contributed by atoms with Crippen LogP contribution >= 0.6 is 12.4 Å². The van der Waals surface area contributed by atoms with Crippen molar-refractivity contribution in [3.05, 3.63) is 70.8 Å². The largest absolute Gasteiger partial charge is 0.345 e. The molecule has 2 aromatic carbocycles. The fourth-order valence-electron chi connectivity index (χ4n) is 3.57. The molecule has 4 heteroatoms. The molecule has 2 aromatic rings. The van der Waals surface area contributed by atoms with Crippen LogP contribution in [0.15, 0.2) is 48.5 Å². The van der Waals surface area contributed by atoms with Crippen molar-refractivity contribution in [3.8, 4) is 0 Å². The lowest BCUT2D eigenvalue weighted by atomic mass is 9.95. The molecule has 0 aliphatic heterocycles. The zero-order valence-corrected chi connectivity index (χ0v) is 15.7. The van der Waals surface area contributed by atoms with E-state index in [1.165, 1.54) is 11.1 Å². The molecule has 1 aliphatic rings. The Bertz CT molecular complexity index is 686. The van der Waals surface area contributed by atoms with Gasteiger partial charge in [0.15, 0.2) is 0 Å². The number of carbonyl (C=O) groups is 1. The predicted octanol–water partition coefficient (Wildman–Crippen LogP) is 4.06. The molecular weight excluding hydrogens is 332 g/mol. The van der Waals surface area contributed by atoms with E-state index in [9.17, 15) is 4.79 Å². The molecule has 1 saturated carbocycles. The van der Waals surface area contributed by atoms with Crippen molar-refractivity contribution < 1.29 is 4.79 Å². The highest BCUT2D eigenvalue weighted by atomic mass is 35.5. The third kappa shape index (κ3) is 4.83. The van der Waals surface area contributed by atoms with Crippen molar-refractivity contribution in [2.45, 2.75) is 45.2 Å². The van der Waals surface area contributed by atoms with E-state index >= 15 is 0 Å². The maximum absolute atomic E-state index is 12.8. The summed E-state index contributed by atoms with van der Waals surface area (Å²) in [7, 11) is 0. The number of nitrogens with one attached hydrogen (secondary N) is 1. The van der Waals surface area contributed by atoms with E-state index in [0.29, 0.717) is 0 Å². The topological polar surface area (TPSA) is 55.1 Å². The SMILES string of the molecule is Cc1cccc(C(NC(=O)C2CCC(N)C2)c2cccc(C)c2)c1.Cl. The molecule has 0 heterocycles. The summed E-state index contributed by atoms with van der Waals surface area (Å²) in [5.74, 6) is 0.160. The molecule has 2 unspecified atom stereocenters. The summed E-state index contributed by atoms with van der Waals surface area (Å²) < 4.78 is 0. The van der Waals surface area contributed by atoms with E-state index in [-0.39, 0.29) is 36.3 Å². The average molecular weight is 359 g/mol. The average Bonchev–Trinajstić information content (AvgIpc) is 2.99. The number of nitrogens with two attached hydrogens (primary N) is 1. The third-order valence-electron chi connectivity index (χ3n) is 4.88. The highest BCUT2D eigenvalue weighted by Gasteiger charge is 2.29. The Morgan fingerprint density at radius 1 is 1.04 bits per heavy atom. The smallest absolute Gasteiger partial charge is 0.223 e. The molecule has 0 spiro atoms. The first-order valence-corrected chi connectivity index (χ1v) is 8.72. The fraction of sp³-hybridized carbons (Fsp3) is 0.381. The summed E-state index contributed by atoms with van der Waals surface area (Å²) in [6.45, 7) is 4.16. The van der Waals surface area contributed by atoms with Gasteiger partial charge in [-0.1, -0.05) is 59.7 Å². The van der Waals surface area contributed by atoms with Crippen LogP contribution in [-0.2, 0) is 4.79 Å². The van der Waals surface area contributed by atoms with Gasteiger partial charge in [0.05, 0.1) is 6.04 Å². The molecule has 3 N–H and O–H groups in total. The Morgan fingerprint density at radius 2 is 1.60 bits per heavy atom. The minimum atomic E-state index is -0.117. The van der Waals surface area contributed by atoms with Gasteiger partial charge in [-0.3, -0.25) is 4.79 Å². The van der Waals surface area contributed by atoms with E-state index in [0.717, 1.165) is 30.4 Å². The van der Waals surface area contributed by atoms with Crippen molar-refractivity contribution in [2.75, 3.05) is 0 Å². The minimum absolute atomic E-state index is 0. The fourth-order valence-corrected chi connectivity index (χ4v) is 3.57. The number of hydrogen-bond acceptors (Lipinski definition) is 2. The lowest BCUT2D eigenvalue weighted by molar-refractivity contribution is -0.125. The number of halogens is 1. The van der Waals surface area contributed by atoms with Crippen LogP contribution in [0.4, 0.5) is 0 Å². The van der Waals surface area contributed by atoms with Crippen molar-refractivity contribution in [3.63, 3.8) is 0 Å². The second kappa shape index (κ2) is 8.50. The maximum Gasteiger partial charge on any atom is 0.223 e. The third-order valence-corrected chi connectivity index (χ3v) is 4.88. The van der Waals surface area contributed by atoms with Crippen LogP contribution in [0.2, 0.25) is 0 Å². The highest BCUT2D eigenvalue weighted by Crippen LogP contribution is 2.28. The van der Waals surface area contributed by atoms with E-state index in [1.54, 1.807) is 0 Å². The lowest BCUT2D eigenvalue weighted by Crippen LogP contribution is -2.34. The highest BCUT2D eigenvalue weighted by molar-refractivity contribution is 5.85. The van der Waals surface area contributed by atoms with Gasteiger partial charge in [0, 0.05) is 12.0 Å². The van der Waals surface area contributed by atoms with Crippen molar-refractivity contribution >= 4 is 18.3 Å². The van der Waals surface area contributed by atoms with Crippen LogP contribution in [-0.4, -0.2) is 11.9 Å². The van der Waals surface area contributed by atoms with Gasteiger partial charge >= 0.3 is 0 Å². The normalized spacial score (nSPS) is 19.5. The number of rotatable bonds is 4. The van der Waals surface area contributed by atoms with Crippen molar-refractivity contribution in [1.82, 2.24) is 5.32 Å². The molecule has 134 valence electrons. The Labute approximate surface area is 156 Å². The molecule has 1 aliphatic carbocycles. The van der Waals surface area contributed by atoms with Gasteiger partial charge < -0.3 is 11.1 Å². The Morgan fingerprint density at radius 3 is 2.04 bits per heavy atom. The van der Waals surface area contributed by atoms with E-state index in [4.69, 9.17) is 5.73 Å². The summed E-state index contributed by atoms with van der Waals surface area (Å²) in [5.41, 5.74) is 10.6. The number of carbonyl (C=O) groups excluding carboxylic acids is 1. The standard InChI is InChI=1S/C21H26N2O.ClH/c1-14-5-3-7-16(11-14)20(17-8-4-6-15(2)12-17)23-21(24)18-9-10-19(22)13-18;/h3-8,11-12,18-20H,9-10,13,22H2,1-2H3,(H,23,24);1H. The van der Waals surface area contributed by atoms with Crippen LogP contribution in [0.5, 0.6) is 0 Å². The molecule has 0 aromatic heterocycles. The predicted molar refractivity (Wildman–Crippen MR) is 105 cm³/mol. The number of aryl methyl sites for hydroxylation is 2.